The number of carboxylic acid groups (broad SMARTS) is 1. The van der Waals surface area contributed by atoms with Crippen molar-refractivity contribution in [2.45, 2.75) is 17.3 Å². The van der Waals surface area contributed by atoms with Crippen molar-refractivity contribution in [2.75, 3.05) is 6.54 Å². The van der Waals surface area contributed by atoms with Gasteiger partial charge in [0.25, 0.3) is 0 Å². The summed E-state index contributed by atoms with van der Waals surface area (Å²) in [5.74, 6) is -1.91. The molecule has 0 radical (unpaired) electrons. The minimum Gasteiger partial charge on any atom is -0.479 e. The van der Waals surface area contributed by atoms with Gasteiger partial charge in [-0.15, -0.1) is 0 Å². The Bertz CT molecular complexity index is 494. The van der Waals surface area contributed by atoms with E-state index in [1.54, 1.807) is 0 Å². The monoisotopic (exact) mass is 315 g/mol. The van der Waals surface area contributed by atoms with Gasteiger partial charge in [-0.25, -0.2) is 9.18 Å². The minimum absolute atomic E-state index is 0.0552. The quantitative estimate of drug-likeness (QED) is 0.867. The van der Waals surface area contributed by atoms with E-state index in [1.807, 2.05) is 0 Å². The molecule has 1 amide bonds. The SMILES string of the molecule is O=C(O)C(c1cccc(F)c1)N1CC(Br)CC1=O. The van der Waals surface area contributed by atoms with Gasteiger partial charge >= 0.3 is 5.97 Å². The number of nitrogens with zero attached hydrogens (tertiary/aromatic N) is 1. The van der Waals surface area contributed by atoms with Crippen molar-refractivity contribution in [3.8, 4) is 0 Å². The fraction of sp³-hybridized carbons (Fsp3) is 0.333. The number of aliphatic carboxylic acids is 1. The van der Waals surface area contributed by atoms with E-state index < -0.39 is 17.8 Å². The fourth-order valence-corrected chi connectivity index (χ4v) is 2.66. The van der Waals surface area contributed by atoms with Crippen LogP contribution in [0, 0.1) is 5.82 Å². The van der Waals surface area contributed by atoms with Crippen molar-refractivity contribution in [1.29, 1.82) is 0 Å². The van der Waals surface area contributed by atoms with Crippen LogP contribution in [0.3, 0.4) is 0 Å². The van der Waals surface area contributed by atoms with Crippen molar-refractivity contribution in [1.82, 2.24) is 4.90 Å². The van der Waals surface area contributed by atoms with Crippen LogP contribution in [-0.4, -0.2) is 33.3 Å². The summed E-state index contributed by atoms with van der Waals surface area (Å²) in [5, 5.41) is 9.25. The number of hydrogen-bond acceptors (Lipinski definition) is 2. The van der Waals surface area contributed by atoms with Gasteiger partial charge in [0.05, 0.1) is 0 Å². The molecule has 1 aromatic rings. The van der Waals surface area contributed by atoms with Crippen molar-refractivity contribution in [3.05, 3.63) is 35.6 Å². The van der Waals surface area contributed by atoms with E-state index in [9.17, 15) is 19.1 Å². The molecule has 0 bridgehead atoms. The minimum atomic E-state index is -1.16. The molecule has 1 N–H and O–H groups in total. The topological polar surface area (TPSA) is 57.6 Å². The van der Waals surface area contributed by atoms with Crippen LogP contribution in [0.5, 0.6) is 0 Å². The van der Waals surface area contributed by atoms with Crippen molar-refractivity contribution >= 4 is 27.8 Å². The van der Waals surface area contributed by atoms with Gasteiger partial charge < -0.3 is 10.0 Å². The van der Waals surface area contributed by atoms with Crippen molar-refractivity contribution in [3.63, 3.8) is 0 Å². The molecule has 0 aromatic heterocycles. The van der Waals surface area contributed by atoms with Gasteiger partial charge in [0, 0.05) is 17.8 Å². The second-order valence-electron chi connectivity index (χ2n) is 4.14. The van der Waals surface area contributed by atoms with Gasteiger partial charge in [0.1, 0.15) is 5.82 Å². The maximum atomic E-state index is 13.1. The van der Waals surface area contributed by atoms with Crippen molar-refractivity contribution < 1.29 is 19.1 Å². The normalized spacial score (nSPS) is 21.1. The molecule has 6 heteroatoms. The van der Waals surface area contributed by atoms with Gasteiger partial charge in [0.2, 0.25) is 5.91 Å². The number of carbonyl (C=O) groups excluding carboxylic acids is 1. The Morgan fingerprint density at radius 3 is 2.78 bits per heavy atom. The first-order valence-electron chi connectivity index (χ1n) is 5.41. The lowest BCUT2D eigenvalue weighted by Gasteiger charge is -2.24. The first-order valence-corrected chi connectivity index (χ1v) is 6.32. The molecule has 1 aliphatic rings. The highest BCUT2D eigenvalue weighted by Crippen LogP contribution is 2.29. The molecule has 0 spiro atoms. The predicted molar refractivity (Wildman–Crippen MR) is 65.8 cm³/mol. The number of alkyl halides is 1. The van der Waals surface area contributed by atoms with Crippen LogP contribution in [0.25, 0.3) is 0 Å². The summed E-state index contributed by atoms with van der Waals surface area (Å²) in [5.41, 5.74) is 0.275. The van der Waals surface area contributed by atoms with E-state index in [1.165, 1.54) is 23.1 Å². The van der Waals surface area contributed by atoms with Gasteiger partial charge in [-0.05, 0) is 17.7 Å². The molecule has 96 valence electrons. The Balaban J connectivity index is 2.35. The maximum absolute atomic E-state index is 13.1. The molecule has 4 nitrogen and oxygen atoms in total. The summed E-state index contributed by atoms with van der Waals surface area (Å²) in [4.78, 5) is 24.3. The molecular formula is C12H11BrFNO3. The highest BCUT2D eigenvalue weighted by Gasteiger charge is 2.37. The molecule has 1 aliphatic heterocycles. The summed E-state index contributed by atoms with van der Waals surface area (Å²) in [6.45, 7) is 0.312. The number of benzene rings is 1. The van der Waals surface area contributed by atoms with E-state index in [2.05, 4.69) is 15.9 Å². The van der Waals surface area contributed by atoms with E-state index in [-0.39, 0.29) is 22.7 Å². The van der Waals surface area contributed by atoms with Crippen LogP contribution < -0.4 is 0 Å². The first kappa shape index (κ1) is 13.0. The first-order chi connectivity index (χ1) is 8.49. The summed E-state index contributed by atoms with van der Waals surface area (Å²) in [7, 11) is 0. The molecule has 0 aliphatic carbocycles. The van der Waals surface area contributed by atoms with Crippen LogP contribution in [0.2, 0.25) is 0 Å². The molecule has 2 atom stereocenters. The molecule has 1 heterocycles. The summed E-state index contributed by atoms with van der Waals surface area (Å²) < 4.78 is 13.1. The number of halogens is 2. The van der Waals surface area contributed by atoms with E-state index in [0.29, 0.717) is 6.54 Å². The molecule has 18 heavy (non-hydrogen) atoms. The van der Waals surface area contributed by atoms with Crippen LogP contribution in [-0.2, 0) is 9.59 Å². The molecule has 1 aromatic carbocycles. The highest BCUT2D eigenvalue weighted by molar-refractivity contribution is 9.09. The zero-order valence-corrected chi connectivity index (χ0v) is 10.9. The number of carbonyl (C=O) groups is 2. The number of hydrogen-bond donors (Lipinski definition) is 1. The Labute approximate surface area is 112 Å². The second kappa shape index (κ2) is 5.06. The zero-order chi connectivity index (χ0) is 13.3. The highest BCUT2D eigenvalue weighted by atomic mass is 79.9. The van der Waals surface area contributed by atoms with Crippen LogP contribution in [0.4, 0.5) is 4.39 Å². The van der Waals surface area contributed by atoms with Crippen LogP contribution >= 0.6 is 15.9 Å². The lowest BCUT2D eigenvalue weighted by molar-refractivity contribution is -0.148. The fourth-order valence-electron chi connectivity index (χ4n) is 2.07. The average molecular weight is 316 g/mol. The number of carboxylic acids is 1. The smallest absolute Gasteiger partial charge is 0.331 e. The molecular weight excluding hydrogens is 305 g/mol. The van der Waals surface area contributed by atoms with Crippen molar-refractivity contribution in [2.24, 2.45) is 0 Å². The Kier molecular flexibility index (Phi) is 3.65. The Morgan fingerprint density at radius 1 is 1.56 bits per heavy atom. The maximum Gasteiger partial charge on any atom is 0.331 e. The van der Waals surface area contributed by atoms with Crippen LogP contribution in [0.1, 0.15) is 18.0 Å². The van der Waals surface area contributed by atoms with E-state index >= 15 is 0 Å². The Hall–Kier alpha value is -1.43. The number of likely N-dealkylation sites (tertiary alicyclic amines) is 1. The lowest BCUT2D eigenvalue weighted by Crippen LogP contribution is -2.35. The zero-order valence-electron chi connectivity index (χ0n) is 9.35. The van der Waals surface area contributed by atoms with Gasteiger partial charge in [-0.2, -0.15) is 0 Å². The number of rotatable bonds is 3. The van der Waals surface area contributed by atoms with Gasteiger partial charge in [-0.1, -0.05) is 28.1 Å². The van der Waals surface area contributed by atoms with E-state index in [4.69, 9.17) is 0 Å². The lowest BCUT2D eigenvalue weighted by atomic mass is 10.1. The molecule has 0 saturated carbocycles. The standard InChI is InChI=1S/C12H11BrFNO3/c13-8-5-10(16)15(6-8)11(12(17)18)7-2-1-3-9(14)4-7/h1-4,8,11H,5-6H2,(H,17,18). The second-order valence-corrected chi connectivity index (χ2v) is 5.44. The predicted octanol–water partition coefficient (Wildman–Crippen LogP) is 1.95. The number of amides is 1. The summed E-state index contributed by atoms with van der Waals surface area (Å²) in [6.07, 6.45) is 0.263. The molecule has 2 unspecified atom stereocenters. The van der Waals surface area contributed by atoms with E-state index in [0.717, 1.165) is 6.07 Å². The molecule has 1 fully saturated rings. The molecule has 1 saturated heterocycles. The van der Waals surface area contributed by atoms with Crippen LogP contribution in [0.15, 0.2) is 24.3 Å². The summed E-state index contributed by atoms with van der Waals surface area (Å²) >= 11 is 3.29. The third kappa shape index (κ3) is 2.53. The average Bonchev–Trinajstić information content (AvgIpc) is 2.58. The van der Waals surface area contributed by atoms with Gasteiger partial charge in [0.15, 0.2) is 6.04 Å². The Morgan fingerprint density at radius 2 is 2.28 bits per heavy atom. The molecule has 2 rings (SSSR count). The third-order valence-electron chi connectivity index (χ3n) is 2.82. The largest absolute Gasteiger partial charge is 0.479 e. The van der Waals surface area contributed by atoms with Gasteiger partial charge in [-0.3, -0.25) is 4.79 Å². The third-order valence-corrected chi connectivity index (χ3v) is 3.43. The summed E-state index contributed by atoms with van der Waals surface area (Å²) in [6, 6.07) is 4.20.